The van der Waals surface area contributed by atoms with Crippen LogP contribution in [-0.2, 0) is 11.3 Å². The summed E-state index contributed by atoms with van der Waals surface area (Å²) in [7, 11) is 2.15. The van der Waals surface area contributed by atoms with Crippen LogP contribution in [0.3, 0.4) is 0 Å². The van der Waals surface area contributed by atoms with Crippen molar-refractivity contribution in [1.82, 2.24) is 4.90 Å². The number of nitrogens with zero attached hydrogens (tertiary/aromatic N) is 1. The fraction of sp³-hybridized carbons (Fsp3) is 0.600. The Morgan fingerprint density at radius 2 is 2.16 bits per heavy atom. The molecule has 0 radical (unpaired) electrons. The third kappa shape index (κ3) is 4.18. The summed E-state index contributed by atoms with van der Waals surface area (Å²) < 4.78 is 5.43. The zero-order valence-electron chi connectivity index (χ0n) is 11.5. The highest BCUT2D eigenvalue weighted by atomic mass is 35.5. The van der Waals surface area contributed by atoms with Gasteiger partial charge in [-0.15, -0.1) is 0 Å². The predicted octanol–water partition coefficient (Wildman–Crippen LogP) is 2.53. The highest BCUT2D eigenvalue weighted by Gasteiger charge is 2.26. The van der Waals surface area contributed by atoms with Gasteiger partial charge in [-0.1, -0.05) is 23.7 Å². The summed E-state index contributed by atoms with van der Waals surface area (Å²) in [6, 6.07) is 8.46. The third-order valence-electron chi connectivity index (χ3n) is 3.94. The summed E-state index contributed by atoms with van der Waals surface area (Å²) in [6.45, 7) is 3.32. The molecule has 1 aromatic rings. The van der Waals surface area contributed by atoms with Crippen LogP contribution < -0.4 is 5.73 Å². The number of halogens is 1. The van der Waals surface area contributed by atoms with Crippen molar-refractivity contribution in [3.05, 3.63) is 34.9 Å². The molecule has 0 spiro atoms. The number of hydrogen-bond donors (Lipinski definition) is 1. The van der Waals surface area contributed by atoms with E-state index in [2.05, 4.69) is 18.0 Å². The topological polar surface area (TPSA) is 38.5 Å². The van der Waals surface area contributed by atoms with Gasteiger partial charge in [0.25, 0.3) is 0 Å². The van der Waals surface area contributed by atoms with E-state index in [0.29, 0.717) is 18.5 Å². The lowest BCUT2D eigenvalue weighted by Gasteiger charge is -2.36. The number of benzene rings is 1. The predicted molar refractivity (Wildman–Crippen MR) is 79.3 cm³/mol. The zero-order valence-corrected chi connectivity index (χ0v) is 12.3. The maximum absolute atomic E-state index is 6.03. The summed E-state index contributed by atoms with van der Waals surface area (Å²) in [4.78, 5) is 2.35. The molecule has 0 saturated carbocycles. The molecule has 0 bridgehead atoms. The van der Waals surface area contributed by atoms with Crippen molar-refractivity contribution < 1.29 is 4.74 Å². The van der Waals surface area contributed by atoms with Crippen LogP contribution in [-0.4, -0.2) is 37.7 Å². The van der Waals surface area contributed by atoms with Crippen LogP contribution in [0.25, 0.3) is 0 Å². The molecule has 2 rings (SSSR count). The maximum Gasteiger partial charge on any atom is 0.0469 e. The normalized spacial score (nSPS) is 18.7. The molecule has 1 atom stereocenters. The van der Waals surface area contributed by atoms with Crippen molar-refractivity contribution in [2.75, 3.05) is 26.8 Å². The average Bonchev–Trinajstić information content (AvgIpc) is 2.41. The van der Waals surface area contributed by atoms with Gasteiger partial charge in [0.05, 0.1) is 0 Å². The Morgan fingerprint density at radius 3 is 2.79 bits per heavy atom. The number of rotatable bonds is 5. The Labute approximate surface area is 120 Å². The maximum atomic E-state index is 6.03. The van der Waals surface area contributed by atoms with E-state index in [1.54, 1.807) is 0 Å². The van der Waals surface area contributed by atoms with Gasteiger partial charge in [-0.3, -0.25) is 4.90 Å². The second kappa shape index (κ2) is 7.25. The molecule has 19 heavy (non-hydrogen) atoms. The van der Waals surface area contributed by atoms with Crippen LogP contribution in [0.5, 0.6) is 0 Å². The molecule has 2 N–H and O–H groups in total. The molecule has 4 heteroatoms. The highest BCUT2D eigenvalue weighted by molar-refractivity contribution is 6.30. The summed E-state index contributed by atoms with van der Waals surface area (Å²) in [5.74, 6) is 0.642. The Kier molecular flexibility index (Phi) is 5.64. The number of ether oxygens (including phenoxy) is 1. The van der Waals surface area contributed by atoms with Gasteiger partial charge in [0.15, 0.2) is 0 Å². The molecular weight excluding hydrogens is 260 g/mol. The molecule has 1 fully saturated rings. The zero-order chi connectivity index (χ0) is 13.7. The van der Waals surface area contributed by atoms with Crippen molar-refractivity contribution in [3.63, 3.8) is 0 Å². The Morgan fingerprint density at radius 1 is 1.42 bits per heavy atom. The van der Waals surface area contributed by atoms with Gasteiger partial charge >= 0.3 is 0 Å². The van der Waals surface area contributed by atoms with Gasteiger partial charge in [0.1, 0.15) is 0 Å². The van der Waals surface area contributed by atoms with Crippen molar-refractivity contribution in [3.8, 4) is 0 Å². The van der Waals surface area contributed by atoms with E-state index in [-0.39, 0.29) is 0 Å². The minimum Gasteiger partial charge on any atom is -0.381 e. The second-order valence-corrected chi connectivity index (χ2v) is 5.73. The fourth-order valence-corrected chi connectivity index (χ4v) is 3.09. The second-order valence-electron chi connectivity index (χ2n) is 5.30. The molecule has 1 aliphatic rings. The van der Waals surface area contributed by atoms with E-state index in [1.165, 1.54) is 5.56 Å². The third-order valence-corrected chi connectivity index (χ3v) is 4.17. The lowest BCUT2D eigenvalue weighted by molar-refractivity contribution is 0.0321. The van der Waals surface area contributed by atoms with Crippen molar-refractivity contribution in [1.29, 1.82) is 0 Å². The first-order chi connectivity index (χ1) is 9.20. The minimum atomic E-state index is 0.419. The summed E-state index contributed by atoms with van der Waals surface area (Å²) in [5, 5.41) is 0.793. The van der Waals surface area contributed by atoms with Crippen LogP contribution >= 0.6 is 11.6 Å². The van der Waals surface area contributed by atoms with E-state index in [1.807, 2.05) is 18.2 Å². The Balaban J connectivity index is 1.97. The number of hydrogen-bond acceptors (Lipinski definition) is 3. The lowest BCUT2D eigenvalue weighted by atomic mass is 9.90. The Bertz CT molecular complexity index is 393. The van der Waals surface area contributed by atoms with E-state index in [0.717, 1.165) is 37.6 Å². The van der Waals surface area contributed by atoms with Crippen LogP contribution in [0.1, 0.15) is 18.4 Å². The first kappa shape index (κ1) is 14.8. The molecular formula is C15H23ClN2O. The molecule has 0 aromatic heterocycles. The van der Waals surface area contributed by atoms with Crippen molar-refractivity contribution in [2.45, 2.75) is 25.4 Å². The van der Waals surface area contributed by atoms with E-state index >= 15 is 0 Å². The first-order valence-corrected chi connectivity index (χ1v) is 7.31. The van der Waals surface area contributed by atoms with E-state index in [9.17, 15) is 0 Å². The largest absolute Gasteiger partial charge is 0.381 e. The monoisotopic (exact) mass is 282 g/mol. The smallest absolute Gasteiger partial charge is 0.0469 e. The molecule has 106 valence electrons. The number of nitrogens with two attached hydrogens (primary N) is 1. The average molecular weight is 283 g/mol. The van der Waals surface area contributed by atoms with Crippen molar-refractivity contribution >= 4 is 11.6 Å². The van der Waals surface area contributed by atoms with Crippen LogP contribution in [0.2, 0.25) is 5.02 Å². The SMILES string of the molecule is CN(Cc1cccc(Cl)c1)C(CN)C1CCOCC1. The standard InChI is InChI=1S/C15H23ClN2O/c1-18(11-12-3-2-4-14(16)9-12)15(10-17)13-5-7-19-8-6-13/h2-4,9,13,15H,5-8,10-11,17H2,1H3. The Hall–Kier alpha value is -0.610. The summed E-state index contributed by atoms with van der Waals surface area (Å²) in [6.07, 6.45) is 2.23. The molecule has 1 aromatic carbocycles. The molecule has 1 heterocycles. The van der Waals surface area contributed by atoms with Crippen LogP contribution in [0.4, 0.5) is 0 Å². The lowest BCUT2D eigenvalue weighted by Crippen LogP contribution is -2.44. The van der Waals surface area contributed by atoms with Gasteiger partial charge in [0.2, 0.25) is 0 Å². The molecule has 0 amide bonds. The summed E-state index contributed by atoms with van der Waals surface area (Å²) in [5.41, 5.74) is 7.22. The van der Waals surface area contributed by atoms with Gasteiger partial charge in [-0.25, -0.2) is 0 Å². The van der Waals surface area contributed by atoms with Crippen LogP contribution in [0.15, 0.2) is 24.3 Å². The molecule has 0 aliphatic carbocycles. The van der Waals surface area contributed by atoms with Crippen molar-refractivity contribution in [2.24, 2.45) is 11.7 Å². The highest BCUT2D eigenvalue weighted by Crippen LogP contribution is 2.23. The molecule has 1 unspecified atom stereocenters. The molecule has 1 saturated heterocycles. The van der Waals surface area contributed by atoms with Crippen LogP contribution in [0, 0.1) is 5.92 Å². The van der Waals surface area contributed by atoms with Gasteiger partial charge in [-0.2, -0.15) is 0 Å². The van der Waals surface area contributed by atoms with Gasteiger partial charge in [-0.05, 0) is 43.5 Å². The fourth-order valence-electron chi connectivity index (χ4n) is 2.87. The summed E-state index contributed by atoms with van der Waals surface area (Å²) >= 11 is 6.03. The number of likely N-dealkylation sites (N-methyl/N-ethyl adjacent to an activating group) is 1. The van der Waals surface area contributed by atoms with Gasteiger partial charge < -0.3 is 10.5 Å². The molecule has 3 nitrogen and oxygen atoms in total. The minimum absolute atomic E-state index is 0.419. The molecule has 1 aliphatic heterocycles. The quantitative estimate of drug-likeness (QED) is 0.902. The van der Waals surface area contributed by atoms with Gasteiger partial charge in [0, 0.05) is 37.4 Å². The van der Waals surface area contributed by atoms with E-state index < -0.39 is 0 Å². The van der Waals surface area contributed by atoms with E-state index in [4.69, 9.17) is 22.1 Å². The first-order valence-electron chi connectivity index (χ1n) is 6.93.